The van der Waals surface area contributed by atoms with E-state index in [1.165, 1.54) is 212 Å². The largest absolute Gasteiger partial charge is 0.472 e. The Balaban J connectivity index is 5.02. The van der Waals surface area contributed by atoms with Crippen molar-refractivity contribution < 1.29 is 37.3 Å². The molecule has 3 atom stereocenters. The number of amides is 1. The van der Waals surface area contributed by atoms with Gasteiger partial charge in [0.25, 0.3) is 0 Å². The lowest BCUT2D eigenvalue weighted by Gasteiger charge is -2.27. The molecule has 0 aromatic carbocycles. The Morgan fingerprint density at radius 3 is 1.09 bits per heavy atom. The Labute approximate surface area is 526 Å². The van der Waals surface area contributed by atoms with Gasteiger partial charge in [0.15, 0.2) is 0 Å². The van der Waals surface area contributed by atoms with E-state index in [0.717, 1.165) is 83.5 Å². The van der Waals surface area contributed by atoms with Crippen LogP contribution in [0.15, 0.2) is 85.1 Å². The van der Waals surface area contributed by atoms with Gasteiger partial charge in [-0.25, -0.2) is 4.57 Å². The van der Waals surface area contributed by atoms with Crippen LogP contribution in [0.5, 0.6) is 0 Å². The van der Waals surface area contributed by atoms with E-state index < -0.39 is 20.0 Å². The van der Waals surface area contributed by atoms with Gasteiger partial charge >= 0.3 is 13.8 Å². The summed E-state index contributed by atoms with van der Waals surface area (Å²) in [6.45, 7) is 6.98. The first-order chi connectivity index (χ1) is 41.4. The second-order valence-electron chi connectivity index (χ2n) is 25.4. The zero-order valence-corrected chi connectivity index (χ0v) is 57.5. The van der Waals surface area contributed by atoms with E-state index in [4.69, 9.17) is 13.8 Å². The van der Waals surface area contributed by atoms with Crippen molar-refractivity contribution in [1.82, 2.24) is 5.32 Å². The van der Waals surface area contributed by atoms with E-state index in [-0.39, 0.29) is 31.5 Å². The lowest BCUT2D eigenvalue weighted by atomic mass is 10.0. The topological polar surface area (TPSA) is 111 Å². The second kappa shape index (κ2) is 64.2. The lowest BCUT2D eigenvalue weighted by Crippen LogP contribution is -2.47. The molecule has 0 spiro atoms. The van der Waals surface area contributed by atoms with Crippen LogP contribution in [0.3, 0.4) is 0 Å². The average Bonchev–Trinajstić information content (AvgIpc) is 3.64. The Morgan fingerprint density at radius 2 is 0.718 bits per heavy atom. The molecule has 0 aliphatic heterocycles. The minimum atomic E-state index is -4.46. The highest BCUT2D eigenvalue weighted by Gasteiger charge is 2.30. The Kier molecular flexibility index (Phi) is 62.1. The fraction of sp³-hybridized carbons (Fsp3) is 0.787. The molecule has 0 aromatic heterocycles. The fourth-order valence-corrected chi connectivity index (χ4v) is 11.0. The summed E-state index contributed by atoms with van der Waals surface area (Å²) in [5.74, 6) is -0.505. The third-order valence-corrected chi connectivity index (χ3v) is 16.8. The molecule has 494 valence electrons. The van der Waals surface area contributed by atoms with Crippen molar-refractivity contribution in [3.63, 3.8) is 0 Å². The van der Waals surface area contributed by atoms with Crippen LogP contribution in [0.25, 0.3) is 0 Å². The number of esters is 1. The smallest absolute Gasteiger partial charge is 0.456 e. The van der Waals surface area contributed by atoms with Gasteiger partial charge in [-0.15, -0.1) is 0 Å². The molecule has 0 saturated carbocycles. The molecule has 0 heterocycles. The van der Waals surface area contributed by atoms with Gasteiger partial charge in [0.1, 0.15) is 19.3 Å². The Morgan fingerprint density at radius 1 is 0.412 bits per heavy atom. The summed E-state index contributed by atoms with van der Waals surface area (Å²) < 4.78 is 30.8. The number of carbonyl (C=O) groups excluding carboxylic acids is 2. The summed E-state index contributed by atoms with van der Waals surface area (Å²) in [4.78, 5) is 37.9. The molecule has 0 fully saturated rings. The number of quaternary nitrogens is 1. The second-order valence-corrected chi connectivity index (χ2v) is 26.9. The molecule has 1 amide bonds. The fourth-order valence-electron chi connectivity index (χ4n) is 10.2. The highest BCUT2D eigenvalue weighted by molar-refractivity contribution is 7.47. The quantitative estimate of drug-likeness (QED) is 0.0205. The van der Waals surface area contributed by atoms with E-state index >= 15 is 0 Å². The minimum Gasteiger partial charge on any atom is -0.456 e. The van der Waals surface area contributed by atoms with Crippen LogP contribution in [0.2, 0.25) is 0 Å². The minimum absolute atomic E-state index is 0.0370. The van der Waals surface area contributed by atoms with Crippen molar-refractivity contribution in [3.05, 3.63) is 85.1 Å². The molecule has 9 nitrogen and oxygen atoms in total. The molecule has 10 heteroatoms. The number of hydrogen-bond donors (Lipinski definition) is 2. The molecule has 2 N–H and O–H groups in total. The highest BCUT2D eigenvalue weighted by atomic mass is 31.2. The molecule has 0 rings (SSSR count). The van der Waals surface area contributed by atoms with Gasteiger partial charge in [-0.1, -0.05) is 292 Å². The van der Waals surface area contributed by atoms with Crippen molar-refractivity contribution in [2.45, 2.75) is 341 Å². The van der Waals surface area contributed by atoms with Crippen molar-refractivity contribution >= 4 is 19.7 Å². The summed E-state index contributed by atoms with van der Waals surface area (Å²) in [6, 6.07) is -0.855. The number of nitrogens with zero attached hydrogens (tertiary/aromatic N) is 1. The summed E-state index contributed by atoms with van der Waals surface area (Å²) in [5, 5.41) is 3.07. The molecule has 0 aliphatic rings. The molecule has 85 heavy (non-hydrogen) atoms. The molecular weight excluding hydrogens is 1070 g/mol. The predicted octanol–water partition coefficient (Wildman–Crippen LogP) is 22.9. The number of unbranched alkanes of at least 4 members (excludes halogenated alkanes) is 37. The van der Waals surface area contributed by atoms with Gasteiger partial charge in [-0.3, -0.25) is 18.6 Å². The third kappa shape index (κ3) is 65.5. The first-order valence-corrected chi connectivity index (χ1v) is 37.4. The number of hydrogen-bond acceptors (Lipinski definition) is 6. The maximum atomic E-state index is 13.6. The van der Waals surface area contributed by atoms with Crippen LogP contribution in [-0.4, -0.2) is 74.3 Å². The van der Waals surface area contributed by atoms with Crippen molar-refractivity contribution in [2.24, 2.45) is 0 Å². The summed E-state index contributed by atoms with van der Waals surface area (Å²) >= 11 is 0. The number of carbonyl (C=O) groups is 2. The van der Waals surface area contributed by atoms with Crippen LogP contribution < -0.4 is 5.32 Å². The van der Waals surface area contributed by atoms with Gasteiger partial charge in [0, 0.05) is 12.8 Å². The molecule has 0 aliphatic carbocycles. The van der Waals surface area contributed by atoms with Crippen molar-refractivity contribution in [1.29, 1.82) is 0 Å². The normalized spacial score (nSPS) is 14.0. The molecule has 0 saturated heterocycles. The molecule has 3 unspecified atom stereocenters. The van der Waals surface area contributed by atoms with Crippen LogP contribution >= 0.6 is 7.82 Å². The SMILES string of the molecule is CCCCC/C=C\C/C=C\C/C=C\CCCCCCCCCCCCCCC(=O)NC(COP(=O)(O)OCC[N+](C)(C)C)C(/C=C/CCCCCCCCCCC)OC(=O)CCCCCCCCCCCC/C=C\C/C=C\C/C=C\CCCCC. The number of phosphoric ester groups is 1. The summed E-state index contributed by atoms with van der Waals surface area (Å²) in [5.41, 5.74) is 0. The Hall–Kier alpha value is -2.81. The molecular formula is C75H138N2O7P+. The van der Waals surface area contributed by atoms with E-state index in [9.17, 15) is 19.0 Å². The van der Waals surface area contributed by atoms with E-state index in [1.807, 2.05) is 33.3 Å². The highest BCUT2D eigenvalue weighted by Crippen LogP contribution is 2.43. The molecule has 0 radical (unpaired) electrons. The molecule has 0 bridgehead atoms. The number of likely N-dealkylation sites (N-methyl/N-ethyl adjacent to an activating group) is 1. The van der Waals surface area contributed by atoms with Crippen LogP contribution in [0, 0.1) is 0 Å². The van der Waals surface area contributed by atoms with Gasteiger partial charge in [0.2, 0.25) is 5.91 Å². The standard InChI is InChI=1S/C75H137N2O7P/c1-7-10-13-16-19-22-25-27-29-31-33-35-37-38-40-41-43-45-47-49-52-55-58-61-64-67-74(78)76-72(71-83-85(80,81)82-70-69-77(4,5)6)73(66-63-60-57-54-51-24-21-18-15-12-9-3)84-75(79)68-65-62-59-56-53-50-48-46-44-42-39-36-34-32-30-28-26-23-20-17-14-11-8-2/h19-20,22-23,27-30,33-36,63,66,72-73H,7-18,21,24-26,31-32,37-62,64-65,67-71H2,1-6H3,(H-,76,78,80,81)/p+1/b22-19-,23-20-,29-27-,30-28-,35-33-,36-34-,66-63+. The Bertz CT molecular complexity index is 1730. The monoisotopic (exact) mass is 1210 g/mol. The number of phosphoric acid groups is 1. The van der Waals surface area contributed by atoms with Crippen molar-refractivity contribution in [3.8, 4) is 0 Å². The van der Waals surface area contributed by atoms with Crippen LogP contribution in [0.4, 0.5) is 0 Å². The number of rotatable bonds is 65. The number of nitrogens with one attached hydrogen (secondary N) is 1. The van der Waals surface area contributed by atoms with E-state index in [2.05, 4.69) is 99.0 Å². The van der Waals surface area contributed by atoms with E-state index in [0.29, 0.717) is 17.4 Å². The van der Waals surface area contributed by atoms with Gasteiger partial charge in [0.05, 0.1) is 33.8 Å². The maximum Gasteiger partial charge on any atom is 0.472 e. The lowest BCUT2D eigenvalue weighted by molar-refractivity contribution is -0.870. The van der Waals surface area contributed by atoms with Crippen molar-refractivity contribution in [2.75, 3.05) is 40.9 Å². The first kappa shape index (κ1) is 82.2. The number of allylic oxidation sites excluding steroid dienone is 13. The zero-order valence-electron chi connectivity index (χ0n) is 56.6. The van der Waals surface area contributed by atoms with Gasteiger partial charge < -0.3 is 19.4 Å². The summed E-state index contributed by atoms with van der Waals surface area (Å²) in [6.07, 6.45) is 85.9. The van der Waals surface area contributed by atoms with Gasteiger partial charge in [-0.2, -0.15) is 0 Å². The average molecular weight is 1210 g/mol. The predicted molar refractivity (Wildman–Crippen MR) is 369 cm³/mol. The zero-order chi connectivity index (χ0) is 62.1. The third-order valence-electron chi connectivity index (χ3n) is 15.8. The number of ether oxygens (including phenoxy) is 1. The molecule has 0 aromatic rings. The maximum absolute atomic E-state index is 13.6. The first-order valence-electron chi connectivity index (χ1n) is 35.9. The van der Waals surface area contributed by atoms with Gasteiger partial charge in [-0.05, 0) is 109 Å². The van der Waals surface area contributed by atoms with Crippen LogP contribution in [0.1, 0.15) is 329 Å². The van der Waals surface area contributed by atoms with E-state index in [1.54, 1.807) is 0 Å². The summed E-state index contributed by atoms with van der Waals surface area (Å²) in [7, 11) is 1.49. The van der Waals surface area contributed by atoms with Crippen LogP contribution in [-0.2, 0) is 27.9 Å².